The standard InChI is InChI=1S/C13H15ClN2O2/c1-13(2,3)18-12(17)16(4)11-6-9(8-15)5-10(14)7-11/h5-7H,1-4H3. The molecule has 0 aliphatic carbocycles. The molecule has 0 saturated heterocycles. The molecule has 0 atom stereocenters. The number of amides is 1. The average Bonchev–Trinajstić information content (AvgIpc) is 2.24. The van der Waals surface area contributed by atoms with Gasteiger partial charge in [-0.3, -0.25) is 4.90 Å². The van der Waals surface area contributed by atoms with Crippen LogP contribution < -0.4 is 4.90 Å². The molecular formula is C13H15ClN2O2. The summed E-state index contributed by atoms with van der Waals surface area (Å²) in [6, 6.07) is 6.71. The highest BCUT2D eigenvalue weighted by atomic mass is 35.5. The minimum absolute atomic E-state index is 0.396. The van der Waals surface area contributed by atoms with Crippen molar-refractivity contribution in [2.75, 3.05) is 11.9 Å². The molecule has 0 aliphatic rings. The molecule has 0 aliphatic heterocycles. The zero-order chi connectivity index (χ0) is 13.9. The number of rotatable bonds is 1. The second-order valence-corrected chi connectivity index (χ2v) is 5.29. The van der Waals surface area contributed by atoms with Gasteiger partial charge in [0.15, 0.2) is 0 Å². The Morgan fingerprint density at radius 2 is 2.00 bits per heavy atom. The van der Waals surface area contributed by atoms with Crippen molar-refractivity contribution in [3.8, 4) is 6.07 Å². The van der Waals surface area contributed by atoms with Gasteiger partial charge in [-0.1, -0.05) is 11.6 Å². The van der Waals surface area contributed by atoms with Crippen molar-refractivity contribution in [1.29, 1.82) is 5.26 Å². The molecule has 5 heteroatoms. The summed E-state index contributed by atoms with van der Waals surface area (Å²) < 4.78 is 5.23. The fourth-order valence-corrected chi connectivity index (χ4v) is 1.50. The number of hydrogen-bond donors (Lipinski definition) is 0. The molecule has 0 aromatic heterocycles. The first-order chi connectivity index (χ1) is 8.23. The summed E-state index contributed by atoms with van der Waals surface area (Å²) in [6.07, 6.45) is -0.492. The Kier molecular flexibility index (Phi) is 4.20. The zero-order valence-corrected chi connectivity index (χ0v) is 11.6. The van der Waals surface area contributed by atoms with Crippen LogP contribution in [0.1, 0.15) is 26.3 Å². The fraction of sp³-hybridized carbons (Fsp3) is 0.385. The van der Waals surface area contributed by atoms with E-state index in [9.17, 15) is 4.79 Å². The normalized spacial score (nSPS) is 10.7. The Hall–Kier alpha value is -1.73. The quantitative estimate of drug-likeness (QED) is 0.781. The van der Waals surface area contributed by atoms with E-state index >= 15 is 0 Å². The molecule has 4 nitrogen and oxygen atoms in total. The van der Waals surface area contributed by atoms with Crippen molar-refractivity contribution < 1.29 is 9.53 Å². The minimum atomic E-state index is -0.567. The molecule has 18 heavy (non-hydrogen) atoms. The van der Waals surface area contributed by atoms with E-state index in [1.54, 1.807) is 40.0 Å². The number of nitrogens with zero attached hydrogens (tertiary/aromatic N) is 2. The zero-order valence-electron chi connectivity index (χ0n) is 10.8. The van der Waals surface area contributed by atoms with Gasteiger partial charge < -0.3 is 4.74 Å². The van der Waals surface area contributed by atoms with Crippen molar-refractivity contribution in [2.24, 2.45) is 0 Å². The van der Waals surface area contributed by atoms with Gasteiger partial charge in [-0.2, -0.15) is 5.26 Å². The van der Waals surface area contributed by atoms with Crippen molar-refractivity contribution in [3.05, 3.63) is 28.8 Å². The van der Waals surface area contributed by atoms with Crippen LogP contribution in [0.3, 0.4) is 0 Å². The van der Waals surface area contributed by atoms with Gasteiger partial charge in [0.1, 0.15) is 5.60 Å². The SMILES string of the molecule is CN(C(=O)OC(C)(C)C)c1cc(Cl)cc(C#N)c1. The van der Waals surface area contributed by atoms with E-state index in [0.717, 1.165) is 0 Å². The molecule has 0 bridgehead atoms. The summed E-state index contributed by atoms with van der Waals surface area (Å²) in [7, 11) is 1.57. The molecule has 1 amide bonds. The topological polar surface area (TPSA) is 53.3 Å². The smallest absolute Gasteiger partial charge is 0.414 e. The maximum atomic E-state index is 11.8. The third-order valence-corrected chi connectivity index (χ3v) is 2.28. The molecule has 1 rings (SSSR count). The lowest BCUT2D eigenvalue weighted by atomic mass is 10.2. The van der Waals surface area contributed by atoms with Gasteiger partial charge in [0, 0.05) is 17.8 Å². The van der Waals surface area contributed by atoms with Crippen molar-refractivity contribution in [1.82, 2.24) is 0 Å². The fourth-order valence-electron chi connectivity index (χ4n) is 1.27. The average molecular weight is 267 g/mol. The number of halogens is 1. The molecule has 1 aromatic carbocycles. The maximum Gasteiger partial charge on any atom is 0.414 e. The summed E-state index contributed by atoms with van der Waals surface area (Å²) in [6.45, 7) is 5.37. The van der Waals surface area contributed by atoms with Crippen LogP contribution in [0.2, 0.25) is 5.02 Å². The van der Waals surface area contributed by atoms with Crippen LogP contribution in [0, 0.1) is 11.3 Å². The number of carbonyl (C=O) groups excluding carboxylic acids is 1. The Balaban J connectivity index is 2.97. The van der Waals surface area contributed by atoms with E-state index in [1.165, 1.54) is 11.0 Å². The van der Waals surface area contributed by atoms with Gasteiger partial charge in [0.25, 0.3) is 0 Å². The second-order valence-electron chi connectivity index (χ2n) is 4.85. The third-order valence-electron chi connectivity index (χ3n) is 2.07. The predicted octanol–water partition coefficient (Wildman–Crippen LogP) is 3.58. The van der Waals surface area contributed by atoms with Gasteiger partial charge in [0.05, 0.1) is 11.6 Å². The van der Waals surface area contributed by atoms with Crippen LogP contribution in [0.5, 0.6) is 0 Å². The van der Waals surface area contributed by atoms with E-state index in [4.69, 9.17) is 21.6 Å². The third kappa shape index (κ3) is 3.94. The summed E-state index contributed by atoms with van der Waals surface area (Å²) >= 11 is 5.88. The number of benzene rings is 1. The number of carbonyl (C=O) groups is 1. The summed E-state index contributed by atoms with van der Waals surface area (Å²) in [5.74, 6) is 0. The van der Waals surface area contributed by atoms with Crippen LogP contribution in [0.15, 0.2) is 18.2 Å². The van der Waals surface area contributed by atoms with Gasteiger partial charge in [-0.05, 0) is 39.0 Å². The highest BCUT2D eigenvalue weighted by molar-refractivity contribution is 6.31. The molecule has 0 N–H and O–H groups in total. The van der Waals surface area contributed by atoms with Crippen LogP contribution in [-0.4, -0.2) is 18.7 Å². The Bertz CT molecular complexity index is 501. The monoisotopic (exact) mass is 266 g/mol. The summed E-state index contributed by atoms with van der Waals surface area (Å²) in [4.78, 5) is 13.2. The van der Waals surface area contributed by atoms with E-state index in [2.05, 4.69) is 0 Å². The van der Waals surface area contributed by atoms with Crippen LogP contribution in [0.25, 0.3) is 0 Å². The number of hydrogen-bond acceptors (Lipinski definition) is 3. The van der Waals surface area contributed by atoms with Crippen molar-refractivity contribution in [2.45, 2.75) is 26.4 Å². The molecule has 0 saturated carbocycles. The van der Waals surface area contributed by atoms with Gasteiger partial charge in [0.2, 0.25) is 0 Å². The van der Waals surface area contributed by atoms with E-state index < -0.39 is 11.7 Å². The molecule has 0 radical (unpaired) electrons. The first-order valence-corrected chi connectivity index (χ1v) is 5.78. The molecule has 96 valence electrons. The predicted molar refractivity (Wildman–Crippen MR) is 70.8 cm³/mol. The van der Waals surface area contributed by atoms with Crippen LogP contribution >= 0.6 is 11.6 Å². The number of nitriles is 1. The first kappa shape index (κ1) is 14.3. The van der Waals surface area contributed by atoms with Gasteiger partial charge >= 0.3 is 6.09 Å². The molecule has 1 aromatic rings. The second kappa shape index (κ2) is 5.28. The lowest BCUT2D eigenvalue weighted by molar-refractivity contribution is 0.0589. The van der Waals surface area contributed by atoms with E-state index in [0.29, 0.717) is 16.3 Å². The highest BCUT2D eigenvalue weighted by Crippen LogP contribution is 2.23. The lowest BCUT2D eigenvalue weighted by Crippen LogP contribution is -2.34. The molecule has 0 heterocycles. The summed E-state index contributed by atoms with van der Waals surface area (Å²) in [5, 5.41) is 9.25. The molecule has 0 unspecified atom stereocenters. The highest BCUT2D eigenvalue weighted by Gasteiger charge is 2.21. The molecule has 0 fully saturated rings. The van der Waals surface area contributed by atoms with Gasteiger partial charge in [-0.15, -0.1) is 0 Å². The Morgan fingerprint density at radius 3 is 2.50 bits per heavy atom. The molecule has 0 spiro atoms. The largest absolute Gasteiger partial charge is 0.443 e. The van der Waals surface area contributed by atoms with E-state index in [1.807, 2.05) is 6.07 Å². The Labute approximate surface area is 112 Å². The van der Waals surface area contributed by atoms with Gasteiger partial charge in [-0.25, -0.2) is 4.79 Å². The van der Waals surface area contributed by atoms with Crippen molar-refractivity contribution >= 4 is 23.4 Å². The molecular weight excluding hydrogens is 252 g/mol. The minimum Gasteiger partial charge on any atom is -0.443 e. The number of ether oxygens (including phenoxy) is 1. The number of anilines is 1. The van der Waals surface area contributed by atoms with Crippen molar-refractivity contribution in [3.63, 3.8) is 0 Å². The summed E-state index contributed by atoms with van der Waals surface area (Å²) in [5.41, 5.74) is 0.350. The van der Waals surface area contributed by atoms with E-state index in [-0.39, 0.29) is 0 Å². The maximum absolute atomic E-state index is 11.8. The van der Waals surface area contributed by atoms with Crippen LogP contribution in [0.4, 0.5) is 10.5 Å². The first-order valence-electron chi connectivity index (χ1n) is 5.40. The Morgan fingerprint density at radius 1 is 1.39 bits per heavy atom. The lowest BCUT2D eigenvalue weighted by Gasteiger charge is -2.24. The van der Waals surface area contributed by atoms with Crippen LogP contribution in [-0.2, 0) is 4.74 Å².